The first-order valence-electron chi connectivity index (χ1n) is 8.14. The highest BCUT2D eigenvalue weighted by atomic mass is 35.5. The van der Waals surface area contributed by atoms with Crippen molar-refractivity contribution >= 4 is 40.1 Å². The number of hydrogen-bond donors (Lipinski definition) is 1. The highest BCUT2D eigenvalue weighted by Gasteiger charge is 2.35. The molecule has 6 heteroatoms. The van der Waals surface area contributed by atoms with Crippen LogP contribution in [0.2, 0.25) is 0 Å². The van der Waals surface area contributed by atoms with Crippen LogP contribution < -0.4 is 10.6 Å². The SMILES string of the molecule is CC(C)(C)OC(=O)N1CC(CCl)c2c1ccc1cc(C(N)=O)ccc21. The third-order valence-electron chi connectivity index (χ3n) is 4.23. The molecule has 0 aliphatic carbocycles. The van der Waals surface area contributed by atoms with E-state index in [2.05, 4.69) is 0 Å². The minimum atomic E-state index is -0.566. The normalized spacial score (nSPS) is 16.8. The lowest BCUT2D eigenvalue weighted by Crippen LogP contribution is -2.36. The van der Waals surface area contributed by atoms with Crippen LogP contribution in [0.25, 0.3) is 10.8 Å². The minimum Gasteiger partial charge on any atom is -0.443 e. The molecule has 132 valence electrons. The van der Waals surface area contributed by atoms with Gasteiger partial charge in [0.15, 0.2) is 0 Å². The number of hydrogen-bond acceptors (Lipinski definition) is 3. The molecule has 0 saturated carbocycles. The summed E-state index contributed by atoms with van der Waals surface area (Å²) in [5, 5.41) is 1.87. The first-order chi connectivity index (χ1) is 11.7. The molecule has 1 aliphatic heterocycles. The predicted octanol–water partition coefficient (Wildman–Crippen LogP) is 4.02. The van der Waals surface area contributed by atoms with E-state index in [0.29, 0.717) is 18.0 Å². The van der Waals surface area contributed by atoms with E-state index in [0.717, 1.165) is 22.0 Å². The van der Waals surface area contributed by atoms with Gasteiger partial charge >= 0.3 is 6.09 Å². The molecular weight excluding hydrogens is 340 g/mol. The number of rotatable bonds is 2. The Morgan fingerprint density at radius 3 is 2.60 bits per heavy atom. The lowest BCUT2D eigenvalue weighted by atomic mass is 9.95. The number of primary amides is 1. The zero-order valence-corrected chi connectivity index (χ0v) is 15.3. The molecule has 0 saturated heterocycles. The molecular formula is C19H21ClN2O3. The average molecular weight is 361 g/mol. The molecule has 1 heterocycles. The van der Waals surface area contributed by atoms with Crippen molar-refractivity contribution in [3.8, 4) is 0 Å². The van der Waals surface area contributed by atoms with E-state index in [9.17, 15) is 9.59 Å². The van der Waals surface area contributed by atoms with Crippen LogP contribution in [-0.2, 0) is 4.74 Å². The number of anilines is 1. The molecule has 2 aromatic carbocycles. The van der Waals surface area contributed by atoms with E-state index in [1.807, 2.05) is 39.0 Å². The third-order valence-corrected chi connectivity index (χ3v) is 4.60. The summed E-state index contributed by atoms with van der Waals surface area (Å²) in [6.45, 7) is 6.00. The van der Waals surface area contributed by atoms with Crippen LogP contribution in [0.5, 0.6) is 0 Å². The maximum atomic E-state index is 12.6. The molecule has 1 unspecified atom stereocenters. The van der Waals surface area contributed by atoms with Gasteiger partial charge in [-0.15, -0.1) is 11.6 Å². The van der Waals surface area contributed by atoms with E-state index >= 15 is 0 Å². The van der Waals surface area contributed by atoms with Gasteiger partial charge < -0.3 is 10.5 Å². The predicted molar refractivity (Wildman–Crippen MR) is 99.5 cm³/mol. The standard InChI is InChI=1S/C19H21ClN2O3/c1-19(2,3)25-18(24)22-10-13(9-20)16-14-6-4-12(17(21)23)8-11(14)5-7-15(16)22/h4-8,13H,9-10H2,1-3H3,(H2,21,23). The van der Waals surface area contributed by atoms with Crippen molar-refractivity contribution < 1.29 is 14.3 Å². The van der Waals surface area contributed by atoms with Gasteiger partial charge in [0.2, 0.25) is 5.91 Å². The van der Waals surface area contributed by atoms with Gasteiger partial charge in [-0.05, 0) is 55.3 Å². The monoisotopic (exact) mass is 360 g/mol. The van der Waals surface area contributed by atoms with Crippen LogP contribution in [0, 0.1) is 0 Å². The molecule has 1 atom stereocenters. The van der Waals surface area contributed by atoms with Gasteiger partial charge in [0, 0.05) is 23.9 Å². The summed E-state index contributed by atoms with van der Waals surface area (Å²) in [5.74, 6) is -0.0674. The van der Waals surface area contributed by atoms with Crippen LogP contribution in [0.4, 0.5) is 10.5 Å². The van der Waals surface area contributed by atoms with Gasteiger partial charge in [-0.2, -0.15) is 0 Å². The number of alkyl halides is 1. The van der Waals surface area contributed by atoms with Crippen molar-refractivity contribution in [1.29, 1.82) is 0 Å². The molecule has 25 heavy (non-hydrogen) atoms. The van der Waals surface area contributed by atoms with Gasteiger partial charge in [-0.1, -0.05) is 12.1 Å². The van der Waals surface area contributed by atoms with Gasteiger partial charge in [-0.3, -0.25) is 9.69 Å². The Labute approximate surface area is 151 Å². The molecule has 0 radical (unpaired) electrons. The number of benzene rings is 2. The first kappa shape index (κ1) is 17.5. The molecule has 0 aromatic heterocycles. The van der Waals surface area contributed by atoms with Gasteiger partial charge in [0.05, 0.1) is 5.69 Å². The van der Waals surface area contributed by atoms with Crippen molar-refractivity contribution in [2.75, 3.05) is 17.3 Å². The maximum absolute atomic E-state index is 12.6. The van der Waals surface area contributed by atoms with Crippen molar-refractivity contribution in [1.82, 2.24) is 0 Å². The molecule has 0 spiro atoms. The van der Waals surface area contributed by atoms with Crippen LogP contribution >= 0.6 is 11.6 Å². The summed E-state index contributed by atoms with van der Waals surface area (Å²) in [4.78, 5) is 25.6. The fourth-order valence-electron chi connectivity index (χ4n) is 3.19. The second-order valence-corrected chi connectivity index (χ2v) is 7.55. The lowest BCUT2D eigenvalue weighted by molar-refractivity contribution is 0.0582. The van der Waals surface area contributed by atoms with Gasteiger partial charge in [0.1, 0.15) is 5.60 Å². The maximum Gasteiger partial charge on any atom is 0.414 e. The van der Waals surface area contributed by atoms with Crippen LogP contribution in [-0.4, -0.2) is 30.0 Å². The molecule has 5 nitrogen and oxygen atoms in total. The molecule has 2 N–H and O–H groups in total. The zero-order valence-electron chi connectivity index (χ0n) is 14.5. The zero-order chi connectivity index (χ0) is 18.4. The third kappa shape index (κ3) is 3.29. The van der Waals surface area contributed by atoms with Crippen LogP contribution in [0.15, 0.2) is 30.3 Å². The van der Waals surface area contributed by atoms with E-state index in [-0.39, 0.29) is 12.0 Å². The molecule has 2 aromatic rings. The molecule has 0 bridgehead atoms. The number of carbonyl (C=O) groups excluding carboxylic acids is 2. The van der Waals surface area contributed by atoms with Crippen molar-refractivity contribution in [2.24, 2.45) is 5.73 Å². The Bertz CT molecular complexity index is 858. The smallest absolute Gasteiger partial charge is 0.414 e. The quantitative estimate of drug-likeness (QED) is 0.822. The fourth-order valence-corrected chi connectivity index (χ4v) is 3.44. The number of carbonyl (C=O) groups is 2. The van der Waals surface area contributed by atoms with Crippen molar-refractivity contribution in [2.45, 2.75) is 32.3 Å². The van der Waals surface area contributed by atoms with Crippen molar-refractivity contribution in [3.05, 3.63) is 41.5 Å². The average Bonchev–Trinajstić information content (AvgIpc) is 2.91. The van der Waals surface area contributed by atoms with E-state index in [1.54, 1.807) is 17.0 Å². The Balaban J connectivity index is 2.09. The Hall–Kier alpha value is -2.27. The first-order valence-corrected chi connectivity index (χ1v) is 8.67. The summed E-state index contributed by atoms with van der Waals surface area (Å²) in [5.41, 5.74) is 7.07. The van der Waals surface area contributed by atoms with Gasteiger partial charge in [-0.25, -0.2) is 4.79 Å². The highest BCUT2D eigenvalue weighted by molar-refractivity contribution is 6.19. The number of amides is 2. The summed E-state index contributed by atoms with van der Waals surface area (Å²) < 4.78 is 5.52. The molecule has 3 rings (SSSR count). The lowest BCUT2D eigenvalue weighted by Gasteiger charge is -2.25. The van der Waals surface area contributed by atoms with E-state index in [4.69, 9.17) is 22.1 Å². The molecule has 1 aliphatic rings. The summed E-state index contributed by atoms with van der Waals surface area (Å²) in [6, 6.07) is 9.09. The largest absolute Gasteiger partial charge is 0.443 e. The molecule has 0 fully saturated rings. The molecule has 2 amide bonds. The summed E-state index contributed by atoms with van der Waals surface area (Å²) in [6.07, 6.45) is -0.380. The van der Waals surface area contributed by atoms with Crippen LogP contribution in [0.1, 0.15) is 42.6 Å². The number of nitrogens with two attached hydrogens (primary N) is 1. The topological polar surface area (TPSA) is 72.6 Å². The fraction of sp³-hybridized carbons (Fsp3) is 0.368. The second kappa shape index (κ2) is 6.23. The Morgan fingerprint density at radius 1 is 1.28 bits per heavy atom. The number of halogens is 1. The minimum absolute atomic E-state index is 0.00677. The van der Waals surface area contributed by atoms with Crippen molar-refractivity contribution in [3.63, 3.8) is 0 Å². The number of ether oxygens (including phenoxy) is 1. The second-order valence-electron chi connectivity index (χ2n) is 7.24. The Kier molecular flexibility index (Phi) is 4.37. The van der Waals surface area contributed by atoms with E-state index in [1.165, 1.54) is 0 Å². The Morgan fingerprint density at radius 2 is 2.00 bits per heavy atom. The van der Waals surface area contributed by atoms with E-state index < -0.39 is 11.5 Å². The van der Waals surface area contributed by atoms with Crippen LogP contribution in [0.3, 0.4) is 0 Å². The number of fused-ring (bicyclic) bond motifs is 3. The number of nitrogens with zero attached hydrogens (tertiary/aromatic N) is 1. The highest BCUT2D eigenvalue weighted by Crippen LogP contribution is 2.42. The van der Waals surface area contributed by atoms with Gasteiger partial charge in [0.25, 0.3) is 0 Å². The summed E-state index contributed by atoms with van der Waals surface area (Å²) in [7, 11) is 0. The summed E-state index contributed by atoms with van der Waals surface area (Å²) >= 11 is 6.17.